The Morgan fingerprint density at radius 1 is 1.11 bits per heavy atom. The molecular formula is C20H42IN5O. The highest BCUT2D eigenvalue weighted by molar-refractivity contribution is 14.0. The van der Waals surface area contributed by atoms with Gasteiger partial charge in [0.2, 0.25) is 5.91 Å². The Morgan fingerprint density at radius 2 is 1.70 bits per heavy atom. The average molecular weight is 495 g/mol. The van der Waals surface area contributed by atoms with Crippen LogP contribution in [0.25, 0.3) is 0 Å². The summed E-state index contributed by atoms with van der Waals surface area (Å²) in [6.45, 7) is 8.82. The molecule has 1 aliphatic rings. The van der Waals surface area contributed by atoms with Crippen molar-refractivity contribution < 1.29 is 4.79 Å². The van der Waals surface area contributed by atoms with E-state index in [1.807, 2.05) is 14.1 Å². The Hall–Kier alpha value is -0.570. The highest BCUT2D eigenvalue weighted by Crippen LogP contribution is 2.39. The molecular weight excluding hydrogens is 453 g/mol. The van der Waals surface area contributed by atoms with Gasteiger partial charge in [0, 0.05) is 33.2 Å². The molecule has 1 saturated carbocycles. The molecule has 7 heteroatoms. The van der Waals surface area contributed by atoms with Crippen LogP contribution >= 0.6 is 24.0 Å². The van der Waals surface area contributed by atoms with E-state index in [2.05, 4.69) is 50.4 Å². The molecule has 1 amide bonds. The molecule has 0 spiro atoms. The van der Waals surface area contributed by atoms with Crippen molar-refractivity contribution in [1.82, 2.24) is 20.4 Å². The van der Waals surface area contributed by atoms with E-state index in [1.54, 1.807) is 4.90 Å². The molecule has 160 valence electrons. The van der Waals surface area contributed by atoms with Crippen molar-refractivity contribution in [3.8, 4) is 0 Å². The number of likely N-dealkylation sites (N-methyl/N-ethyl adjacent to an activating group) is 1. The second-order valence-corrected chi connectivity index (χ2v) is 8.51. The van der Waals surface area contributed by atoms with Crippen LogP contribution in [0.4, 0.5) is 0 Å². The first-order valence-corrected chi connectivity index (χ1v) is 10.1. The van der Waals surface area contributed by atoms with Gasteiger partial charge in [-0.2, -0.15) is 0 Å². The fraction of sp³-hybridized carbons (Fsp3) is 0.900. The van der Waals surface area contributed by atoms with Crippen molar-refractivity contribution in [2.45, 2.75) is 58.9 Å². The first-order chi connectivity index (χ1) is 12.2. The van der Waals surface area contributed by atoms with Crippen molar-refractivity contribution >= 4 is 35.8 Å². The smallest absolute Gasteiger partial charge is 0.230 e. The lowest BCUT2D eigenvalue weighted by molar-refractivity contribution is -0.138. The maximum atomic E-state index is 12.7. The number of nitrogens with zero attached hydrogens (tertiary/aromatic N) is 3. The van der Waals surface area contributed by atoms with Gasteiger partial charge in [-0.3, -0.25) is 9.79 Å². The van der Waals surface area contributed by atoms with Crippen LogP contribution in [0.2, 0.25) is 0 Å². The number of nitrogens with one attached hydrogen (secondary N) is 2. The molecule has 0 radical (unpaired) electrons. The molecule has 0 aromatic heterocycles. The zero-order chi connectivity index (χ0) is 19.7. The minimum absolute atomic E-state index is 0. The van der Waals surface area contributed by atoms with Crippen molar-refractivity contribution in [3.63, 3.8) is 0 Å². The van der Waals surface area contributed by atoms with Crippen molar-refractivity contribution in [2.75, 3.05) is 47.8 Å². The minimum atomic E-state index is -0.315. The van der Waals surface area contributed by atoms with Crippen LogP contribution in [0.1, 0.15) is 52.9 Å². The van der Waals surface area contributed by atoms with Gasteiger partial charge >= 0.3 is 0 Å². The molecule has 0 aliphatic heterocycles. The second-order valence-electron chi connectivity index (χ2n) is 8.51. The van der Waals surface area contributed by atoms with Crippen molar-refractivity contribution in [1.29, 1.82) is 0 Å². The van der Waals surface area contributed by atoms with Gasteiger partial charge in [-0.1, -0.05) is 26.7 Å². The fourth-order valence-corrected chi connectivity index (χ4v) is 3.77. The van der Waals surface area contributed by atoms with E-state index in [4.69, 9.17) is 4.99 Å². The Morgan fingerprint density at radius 3 is 2.15 bits per heavy atom. The first-order valence-electron chi connectivity index (χ1n) is 10.1. The van der Waals surface area contributed by atoms with Gasteiger partial charge < -0.3 is 20.4 Å². The van der Waals surface area contributed by atoms with Crippen molar-refractivity contribution in [3.05, 3.63) is 0 Å². The molecule has 1 atom stereocenters. The number of carbonyl (C=O) groups is 1. The first kappa shape index (κ1) is 26.4. The summed E-state index contributed by atoms with van der Waals surface area (Å²) < 4.78 is 0. The van der Waals surface area contributed by atoms with Gasteiger partial charge in [-0.05, 0) is 46.2 Å². The summed E-state index contributed by atoms with van der Waals surface area (Å²) in [5, 5.41) is 6.82. The number of aliphatic imine (C=N–C) groups is 1. The predicted octanol–water partition coefficient (Wildman–Crippen LogP) is 2.78. The summed E-state index contributed by atoms with van der Waals surface area (Å²) in [4.78, 5) is 21.5. The molecule has 0 aromatic carbocycles. The SMILES string of the molecule is CCNC(=NCC1(C(=O)N(C)C)CCCC1)NCC(CC(C)C)N(C)C.I. The third-order valence-corrected chi connectivity index (χ3v) is 5.28. The number of hydrogen-bond acceptors (Lipinski definition) is 3. The Bertz CT molecular complexity index is 459. The van der Waals surface area contributed by atoms with Gasteiger partial charge in [0.05, 0.1) is 12.0 Å². The van der Waals surface area contributed by atoms with Gasteiger partial charge in [0.25, 0.3) is 0 Å². The Kier molecular flexibility index (Phi) is 12.5. The molecule has 1 unspecified atom stereocenters. The van der Waals surface area contributed by atoms with Crippen LogP contribution in [-0.4, -0.2) is 75.5 Å². The number of amides is 1. The van der Waals surface area contributed by atoms with E-state index in [9.17, 15) is 4.79 Å². The summed E-state index contributed by atoms with van der Waals surface area (Å²) in [6.07, 6.45) is 5.27. The molecule has 2 N–H and O–H groups in total. The maximum Gasteiger partial charge on any atom is 0.230 e. The van der Waals surface area contributed by atoms with E-state index < -0.39 is 0 Å². The highest BCUT2D eigenvalue weighted by atomic mass is 127. The summed E-state index contributed by atoms with van der Waals surface area (Å²) in [6, 6.07) is 0.461. The molecule has 1 rings (SSSR count). The highest BCUT2D eigenvalue weighted by Gasteiger charge is 2.42. The quantitative estimate of drug-likeness (QED) is 0.294. The number of hydrogen-bond donors (Lipinski definition) is 2. The zero-order valence-electron chi connectivity index (χ0n) is 18.5. The van der Waals surface area contributed by atoms with E-state index >= 15 is 0 Å². The molecule has 27 heavy (non-hydrogen) atoms. The van der Waals surface area contributed by atoms with Crippen LogP contribution in [0, 0.1) is 11.3 Å². The van der Waals surface area contributed by atoms with Gasteiger partial charge in [-0.25, -0.2) is 0 Å². The average Bonchev–Trinajstić information content (AvgIpc) is 3.04. The third-order valence-electron chi connectivity index (χ3n) is 5.28. The number of guanidine groups is 1. The van der Waals surface area contributed by atoms with Gasteiger partial charge in [-0.15, -0.1) is 24.0 Å². The standard InChI is InChI=1S/C20H41N5O.HI/c1-8-21-19(22-14-17(24(4)5)13-16(2)3)23-15-20(11-9-10-12-20)18(26)25(6)7;/h16-17H,8-15H2,1-7H3,(H2,21,22,23);1H. The number of carbonyl (C=O) groups excluding carboxylic acids is 1. The van der Waals surface area contributed by atoms with Gasteiger partial charge in [0.1, 0.15) is 0 Å². The van der Waals surface area contributed by atoms with Crippen LogP contribution in [-0.2, 0) is 4.79 Å². The van der Waals surface area contributed by atoms with E-state index in [0.29, 0.717) is 18.5 Å². The summed E-state index contributed by atoms with van der Waals surface area (Å²) in [5.41, 5.74) is -0.315. The van der Waals surface area contributed by atoms with Crippen molar-refractivity contribution in [2.24, 2.45) is 16.3 Å². The third kappa shape index (κ3) is 8.54. The normalized spacial score (nSPS) is 17.6. The van der Waals surface area contributed by atoms with E-state index in [1.165, 1.54) is 0 Å². The monoisotopic (exact) mass is 495 g/mol. The number of rotatable bonds is 9. The topological polar surface area (TPSA) is 60.0 Å². The molecule has 0 saturated heterocycles. The van der Waals surface area contributed by atoms with E-state index in [-0.39, 0.29) is 35.3 Å². The molecule has 0 bridgehead atoms. The summed E-state index contributed by atoms with van der Waals surface area (Å²) >= 11 is 0. The van der Waals surface area contributed by atoms with Crippen LogP contribution in [0.15, 0.2) is 4.99 Å². The lowest BCUT2D eigenvalue weighted by Crippen LogP contribution is -2.46. The van der Waals surface area contributed by atoms with Gasteiger partial charge in [0.15, 0.2) is 5.96 Å². The Labute approximate surface area is 183 Å². The molecule has 1 fully saturated rings. The zero-order valence-corrected chi connectivity index (χ0v) is 20.8. The largest absolute Gasteiger partial charge is 0.357 e. The molecule has 1 aliphatic carbocycles. The van der Waals surface area contributed by atoms with Crippen LogP contribution in [0.3, 0.4) is 0 Å². The molecule has 0 aromatic rings. The second kappa shape index (κ2) is 12.8. The predicted molar refractivity (Wildman–Crippen MR) is 126 cm³/mol. The lowest BCUT2D eigenvalue weighted by Gasteiger charge is -2.30. The number of halogens is 1. The molecule has 0 heterocycles. The maximum absolute atomic E-state index is 12.7. The molecule has 6 nitrogen and oxygen atoms in total. The van der Waals surface area contributed by atoms with Crippen LogP contribution in [0.5, 0.6) is 0 Å². The van der Waals surface area contributed by atoms with E-state index in [0.717, 1.165) is 51.2 Å². The van der Waals surface area contributed by atoms with Crippen LogP contribution < -0.4 is 10.6 Å². The lowest BCUT2D eigenvalue weighted by atomic mass is 9.85. The Balaban J connectivity index is 0.00000676. The summed E-state index contributed by atoms with van der Waals surface area (Å²) in [5.74, 6) is 1.70. The summed E-state index contributed by atoms with van der Waals surface area (Å²) in [7, 11) is 7.95. The fourth-order valence-electron chi connectivity index (χ4n) is 3.77. The minimum Gasteiger partial charge on any atom is -0.357 e.